The minimum Gasteiger partial charge on any atom is -0.466 e. The van der Waals surface area contributed by atoms with Crippen molar-refractivity contribution in [2.75, 3.05) is 0 Å². The molecule has 0 N–H and O–H groups in total. The summed E-state index contributed by atoms with van der Waals surface area (Å²) in [5.41, 5.74) is 1.60. The summed E-state index contributed by atoms with van der Waals surface area (Å²) in [6.07, 6.45) is 1.76. The van der Waals surface area contributed by atoms with Crippen LogP contribution in [0.1, 0.15) is 47.1 Å². The van der Waals surface area contributed by atoms with Gasteiger partial charge < -0.3 is 4.42 Å². The predicted octanol–water partition coefficient (Wildman–Crippen LogP) is 2.88. The standard InChI is InChI=1S/C15H21N3O2/c1-9(2)7-18-14(16-8-17-18)6-13(19)15-10(3)11(4)20-12(15)5/h8-9H,6-7H2,1-5H3. The maximum absolute atomic E-state index is 12.5. The molecule has 0 aliphatic carbocycles. The van der Waals surface area contributed by atoms with Crippen molar-refractivity contribution in [1.82, 2.24) is 14.8 Å². The topological polar surface area (TPSA) is 60.9 Å². The van der Waals surface area contributed by atoms with Crippen molar-refractivity contribution < 1.29 is 9.21 Å². The van der Waals surface area contributed by atoms with Crippen LogP contribution in [-0.2, 0) is 13.0 Å². The molecular formula is C15H21N3O2. The monoisotopic (exact) mass is 275 g/mol. The Hall–Kier alpha value is -1.91. The average Bonchev–Trinajstić information content (AvgIpc) is 2.85. The lowest BCUT2D eigenvalue weighted by atomic mass is 10.0. The van der Waals surface area contributed by atoms with Gasteiger partial charge in [-0.25, -0.2) is 9.67 Å². The van der Waals surface area contributed by atoms with Crippen LogP contribution in [-0.4, -0.2) is 20.5 Å². The Morgan fingerprint density at radius 3 is 2.55 bits per heavy atom. The molecule has 20 heavy (non-hydrogen) atoms. The van der Waals surface area contributed by atoms with Crippen LogP contribution in [0.3, 0.4) is 0 Å². The summed E-state index contributed by atoms with van der Waals surface area (Å²) < 4.78 is 7.32. The van der Waals surface area contributed by atoms with Gasteiger partial charge in [0.15, 0.2) is 5.78 Å². The molecule has 0 radical (unpaired) electrons. The largest absolute Gasteiger partial charge is 0.466 e. The third-order valence-electron chi connectivity index (χ3n) is 3.39. The SMILES string of the molecule is Cc1oc(C)c(C(=O)Cc2ncnn2CC(C)C)c1C. The van der Waals surface area contributed by atoms with Crippen molar-refractivity contribution in [2.45, 2.75) is 47.6 Å². The van der Waals surface area contributed by atoms with E-state index in [0.29, 0.717) is 23.1 Å². The zero-order chi connectivity index (χ0) is 14.9. The quantitative estimate of drug-likeness (QED) is 0.787. The van der Waals surface area contributed by atoms with E-state index in [1.165, 1.54) is 6.33 Å². The van der Waals surface area contributed by atoms with E-state index in [1.54, 1.807) is 4.68 Å². The first-order valence-electron chi connectivity index (χ1n) is 6.86. The summed E-state index contributed by atoms with van der Waals surface area (Å²) >= 11 is 0. The highest BCUT2D eigenvalue weighted by Crippen LogP contribution is 2.22. The molecule has 5 heteroatoms. The first-order valence-corrected chi connectivity index (χ1v) is 6.86. The second kappa shape index (κ2) is 5.61. The van der Waals surface area contributed by atoms with Gasteiger partial charge in [-0.1, -0.05) is 13.8 Å². The third-order valence-corrected chi connectivity index (χ3v) is 3.39. The number of Topliss-reactive ketones (excluding diaryl/α,β-unsaturated/α-hetero) is 1. The molecule has 2 rings (SSSR count). The van der Waals surface area contributed by atoms with Crippen LogP contribution < -0.4 is 0 Å². The summed E-state index contributed by atoms with van der Waals surface area (Å²) in [7, 11) is 0. The van der Waals surface area contributed by atoms with Crippen molar-refractivity contribution in [3.05, 3.63) is 34.8 Å². The Kier molecular flexibility index (Phi) is 4.06. The minimum absolute atomic E-state index is 0.0369. The van der Waals surface area contributed by atoms with E-state index in [9.17, 15) is 4.79 Å². The molecule has 0 saturated heterocycles. The second-order valence-electron chi connectivity index (χ2n) is 5.57. The van der Waals surface area contributed by atoms with Gasteiger partial charge in [-0.15, -0.1) is 0 Å². The molecule has 0 bridgehead atoms. The molecule has 0 fully saturated rings. The molecule has 0 aliphatic rings. The summed E-state index contributed by atoms with van der Waals surface area (Å²) in [6, 6.07) is 0. The number of aryl methyl sites for hydroxylation is 2. The number of rotatable bonds is 5. The summed E-state index contributed by atoms with van der Waals surface area (Å²) in [5, 5.41) is 4.18. The van der Waals surface area contributed by atoms with Gasteiger partial charge in [-0.2, -0.15) is 5.10 Å². The molecule has 2 aromatic rings. The third kappa shape index (κ3) is 2.81. The summed E-state index contributed by atoms with van der Waals surface area (Å²) in [5.74, 6) is 2.69. The van der Waals surface area contributed by atoms with Gasteiger partial charge in [0.25, 0.3) is 0 Å². The van der Waals surface area contributed by atoms with Gasteiger partial charge in [0, 0.05) is 12.1 Å². The van der Waals surface area contributed by atoms with Crippen LogP contribution >= 0.6 is 0 Å². The first-order chi connectivity index (χ1) is 9.40. The molecule has 5 nitrogen and oxygen atoms in total. The molecule has 108 valence electrons. The lowest BCUT2D eigenvalue weighted by Gasteiger charge is -2.08. The minimum atomic E-state index is 0.0369. The van der Waals surface area contributed by atoms with Gasteiger partial charge in [-0.05, 0) is 26.7 Å². The van der Waals surface area contributed by atoms with Gasteiger partial charge in [0.2, 0.25) is 0 Å². The zero-order valence-corrected chi connectivity index (χ0v) is 12.7. The molecule has 0 amide bonds. The number of carbonyl (C=O) groups excluding carboxylic acids is 1. The molecule has 2 heterocycles. The van der Waals surface area contributed by atoms with E-state index in [1.807, 2.05) is 20.8 Å². The van der Waals surface area contributed by atoms with Crippen molar-refractivity contribution in [1.29, 1.82) is 0 Å². The molecule has 0 aromatic carbocycles. The summed E-state index contributed by atoms with van der Waals surface area (Å²) in [6.45, 7) is 10.6. The number of ketones is 1. The number of furan rings is 1. The molecule has 0 spiro atoms. The molecule has 0 saturated carbocycles. The van der Waals surface area contributed by atoms with Crippen molar-refractivity contribution >= 4 is 5.78 Å². The fourth-order valence-corrected chi connectivity index (χ4v) is 2.36. The zero-order valence-electron chi connectivity index (χ0n) is 12.7. The van der Waals surface area contributed by atoms with E-state index >= 15 is 0 Å². The van der Waals surface area contributed by atoms with E-state index in [4.69, 9.17) is 4.42 Å². The Labute approximate surface area is 119 Å². The van der Waals surface area contributed by atoms with Crippen LogP contribution in [0.2, 0.25) is 0 Å². The molecule has 2 aromatic heterocycles. The Balaban J connectivity index is 2.22. The maximum atomic E-state index is 12.5. The van der Waals surface area contributed by atoms with Gasteiger partial charge >= 0.3 is 0 Å². The number of carbonyl (C=O) groups is 1. The van der Waals surface area contributed by atoms with Crippen molar-refractivity contribution in [2.24, 2.45) is 5.92 Å². The highest BCUT2D eigenvalue weighted by atomic mass is 16.3. The highest BCUT2D eigenvalue weighted by molar-refractivity contribution is 5.99. The summed E-state index contributed by atoms with van der Waals surface area (Å²) in [4.78, 5) is 16.7. The van der Waals surface area contributed by atoms with Crippen molar-refractivity contribution in [3.63, 3.8) is 0 Å². The van der Waals surface area contributed by atoms with Crippen LogP contribution in [0.15, 0.2) is 10.7 Å². The fraction of sp³-hybridized carbons (Fsp3) is 0.533. The number of aromatic nitrogens is 3. The normalized spacial score (nSPS) is 11.3. The number of nitrogens with zero attached hydrogens (tertiary/aromatic N) is 3. The molecular weight excluding hydrogens is 254 g/mol. The lowest BCUT2D eigenvalue weighted by molar-refractivity contribution is 0.0987. The highest BCUT2D eigenvalue weighted by Gasteiger charge is 2.20. The van der Waals surface area contributed by atoms with Crippen LogP contribution in [0.4, 0.5) is 0 Å². The van der Waals surface area contributed by atoms with Crippen molar-refractivity contribution in [3.8, 4) is 0 Å². The average molecular weight is 275 g/mol. The number of hydrogen-bond donors (Lipinski definition) is 0. The second-order valence-corrected chi connectivity index (χ2v) is 5.57. The molecule has 0 atom stereocenters. The Morgan fingerprint density at radius 2 is 2.00 bits per heavy atom. The van der Waals surface area contributed by atoms with Crippen LogP contribution in [0.5, 0.6) is 0 Å². The maximum Gasteiger partial charge on any atom is 0.174 e. The van der Waals surface area contributed by atoms with E-state index in [0.717, 1.165) is 17.9 Å². The van der Waals surface area contributed by atoms with Crippen LogP contribution in [0, 0.1) is 26.7 Å². The predicted molar refractivity (Wildman–Crippen MR) is 75.8 cm³/mol. The smallest absolute Gasteiger partial charge is 0.174 e. The van der Waals surface area contributed by atoms with Gasteiger partial charge in [0.05, 0.1) is 12.0 Å². The fourth-order valence-electron chi connectivity index (χ4n) is 2.36. The number of hydrogen-bond acceptors (Lipinski definition) is 4. The first kappa shape index (κ1) is 14.5. The van der Waals surface area contributed by atoms with Crippen LogP contribution in [0.25, 0.3) is 0 Å². The Morgan fingerprint density at radius 1 is 1.30 bits per heavy atom. The van der Waals surface area contributed by atoms with Gasteiger partial charge in [0.1, 0.15) is 23.7 Å². The van der Waals surface area contributed by atoms with E-state index in [2.05, 4.69) is 23.9 Å². The van der Waals surface area contributed by atoms with E-state index < -0.39 is 0 Å². The molecule has 0 aliphatic heterocycles. The van der Waals surface area contributed by atoms with Gasteiger partial charge in [-0.3, -0.25) is 4.79 Å². The van der Waals surface area contributed by atoms with E-state index in [-0.39, 0.29) is 12.2 Å². The lowest BCUT2D eigenvalue weighted by Crippen LogP contribution is -2.15. The molecule has 0 unspecified atom stereocenters. The Bertz CT molecular complexity index is 623.